The molecule has 1 saturated heterocycles. The van der Waals surface area contributed by atoms with Gasteiger partial charge in [0.15, 0.2) is 0 Å². The van der Waals surface area contributed by atoms with Crippen molar-refractivity contribution in [3.8, 4) is 0 Å². The van der Waals surface area contributed by atoms with Crippen LogP contribution in [0.1, 0.15) is 38.5 Å². The second-order valence-electron chi connectivity index (χ2n) is 4.02. The van der Waals surface area contributed by atoms with E-state index in [1.54, 1.807) is 0 Å². The summed E-state index contributed by atoms with van der Waals surface area (Å²) in [5.41, 5.74) is 0. The third kappa shape index (κ3) is 7.76. The average molecular weight is 260 g/mol. The van der Waals surface area contributed by atoms with E-state index in [0.717, 1.165) is 25.7 Å². The first kappa shape index (κ1) is 14.6. The van der Waals surface area contributed by atoms with Crippen LogP contribution < -0.4 is 0 Å². The number of cyclic esters (lactones) is 4. The fourth-order valence-electron chi connectivity index (χ4n) is 1.47. The molecular formula is C12H20O6. The Kier molecular flexibility index (Phi) is 7.75. The van der Waals surface area contributed by atoms with Crippen LogP contribution in [0.3, 0.4) is 0 Å². The third-order valence-corrected chi connectivity index (χ3v) is 2.46. The molecule has 0 N–H and O–H groups in total. The van der Waals surface area contributed by atoms with Crippen molar-refractivity contribution < 1.29 is 28.5 Å². The molecule has 1 aliphatic rings. The predicted molar refractivity (Wildman–Crippen MR) is 62.3 cm³/mol. The van der Waals surface area contributed by atoms with E-state index in [1.807, 2.05) is 0 Å². The Morgan fingerprint density at radius 1 is 0.500 bits per heavy atom. The maximum absolute atomic E-state index is 11.1. The van der Waals surface area contributed by atoms with E-state index in [-0.39, 0.29) is 13.2 Å². The van der Waals surface area contributed by atoms with Gasteiger partial charge in [-0.3, -0.25) is 0 Å². The zero-order valence-electron chi connectivity index (χ0n) is 10.5. The van der Waals surface area contributed by atoms with Crippen LogP contribution in [-0.2, 0) is 18.9 Å². The van der Waals surface area contributed by atoms with Gasteiger partial charge in [-0.15, -0.1) is 0 Å². The van der Waals surface area contributed by atoms with Gasteiger partial charge in [0.1, 0.15) is 0 Å². The standard InChI is InChI=1S/C12H20O6/c13-11-15-7-3-1-2-4-8-16-12(14)18-10-6-5-9-17-11/h1-10H2. The molecular weight excluding hydrogens is 240 g/mol. The van der Waals surface area contributed by atoms with Crippen molar-refractivity contribution in [2.75, 3.05) is 26.4 Å². The zero-order valence-corrected chi connectivity index (χ0v) is 10.5. The van der Waals surface area contributed by atoms with Gasteiger partial charge in [0.2, 0.25) is 0 Å². The molecule has 0 radical (unpaired) electrons. The molecule has 6 heteroatoms. The highest BCUT2D eigenvalue weighted by Gasteiger charge is 2.06. The minimum absolute atomic E-state index is 0.275. The van der Waals surface area contributed by atoms with E-state index in [0.29, 0.717) is 26.1 Å². The van der Waals surface area contributed by atoms with Crippen molar-refractivity contribution >= 4 is 12.3 Å². The van der Waals surface area contributed by atoms with Crippen molar-refractivity contribution in [1.82, 2.24) is 0 Å². The van der Waals surface area contributed by atoms with E-state index >= 15 is 0 Å². The van der Waals surface area contributed by atoms with E-state index in [1.165, 1.54) is 0 Å². The van der Waals surface area contributed by atoms with Crippen LogP contribution in [-0.4, -0.2) is 38.7 Å². The lowest BCUT2D eigenvalue weighted by Gasteiger charge is -2.09. The summed E-state index contributed by atoms with van der Waals surface area (Å²) in [7, 11) is 0. The van der Waals surface area contributed by atoms with Gasteiger partial charge in [0.25, 0.3) is 0 Å². The summed E-state index contributed by atoms with van der Waals surface area (Å²) in [5, 5.41) is 0. The second kappa shape index (κ2) is 9.56. The largest absolute Gasteiger partial charge is 0.508 e. The topological polar surface area (TPSA) is 71.1 Å². The molecule has 18 heavy (non-hydrogen) atoms. The van der Waals surface area contributed by atoms with E-state index in [9.17, 15) is 9.59 Å². The summed E-state index contributed by atoms with van der Waals surface area (Å²) < 4.78 is 19.4. The van der Waals surface area contributed by atoms with Gasteiger partial charge in [-0.25, -0.2) is 9.59 Å². The molecule has 0 spiro atoms. The lowest BCUT2D eigenvalue weighted by atomic mass is 10.2. The number of carbonyl (C=O) groups excluding carboxylic acids is 2. The fourth-order valence-corrected chi connectivity index (χ4v) is 1.47. The Hall–Kier alpha value is -1.46. The van der Waals surface area contributed by atoms with Gasteiger partial charge in [-0.1, -0.05) is 0 Å². The van der Waals surface area contributed by atoms with Crippen LogP contribution in [0, 0.1) is 0 Å². The van der Waals surface area contributed by atoms with E-state index < -0.39 is 12.3 Å². The molecule has 0 aromatic carbocycles. The normalized spacial score (nSPS) is 21.1. The highest BCUT2D eigenvalue weighted by molar-refractivity contribution is 5.60. The summed E-state index contributed by atoms with van der Waals surface area (Å²) in [5.74, 6) is 0. The Balaban J connectivity index is 2.21. The van der Waals surface area contributed by atoms with Gasteiger partial charge >= 0.3 is 12.3 Å². The van der Waals surface area contributed by atoms with E-state index in [4.69, 9.17) is 18.9 Å². The SMILES string of the molecule is O=C1OCCCCCCOC(=O)OCCCCO1. The summed E-state index contributed by atoms with van der Waals surface area (Å²) in [6.45, 7) is 1.30. The van der Waals surface area contributed by atoms with Crippen LogP contribution >= 0.6 is 0 Å². The predicted octanol–water partition coefficient (Wildman–Crippen LogP) is 2.65. The van der Waals surface area contributed by atoms with Crippen LogP contribution in [0.5, 0.6) is 0 Å². The molecule has 1 rings (SSSR count). The van der Waals surface area contributed by atoms with Gasteiger partial charge in [-0.2, -0.15) is 0 Å². The quantitative estimate of drug-likeness (QED) is 0.623. The maximum Gasteiger partial charge on any atom is 0.508 e. The molecule has 6 nitrogen and oxygen atoms in total. The van der Waals surface area contributed by atoms with Gasteiger partial charge in [0.05, 0.1) is 26.4 Å². The highest BCUT2D eigenvalue weighted by Crippen LogP contribution is 2.03. The molecule has 0 saturated carbocycles. The van der Waals surface area contributed by atoms with Gasteiger partial charge < -0.3 is 18.9 Å². The monoisotopic (exact) mass is 260 g/mol. The molecule has 1 fully saturated rings. The summed E-state index contributed by atoms with van der Waals surface area (Å²) in [6, 6.07) is 0. The Bertz CT molecular complexity index is 227. The minimum Gasteiger partial charge on any atom is -0.434 e. The molecule has 0 bridgehead atoms. The molecule has 104 valence electrons. The Morgan fingerprint density at radius 2 is 0.778 bits per heavy atom. The Labute approximate surface area is 107 Å². The number of rotatable bonds is 0. The van der Waals surface area contributed by atoms with Crippen molar-refractivity contribution in [2.45, 2.75) is 38.5 Å². The zero-order chi connectivity index (χ0) is 13.1. The van der Waals surface area contributed by atoms with Crippen molar-refractivity contribution in [3.05, 3.63) is 0 Å². The van der Waals surface area contributed by atoms with Gasteiger partial charge in [0, 0.05) is 0 Å². The average Bonchev–Trinajstić information content (AvgIpc) is 2.35. The van der Waals surface area contributed by atoms with Crippen molar-refractivity contribution in [3.63, 3.8) is 0 Å². The number of carbonyl (C=O) groups is 2. The first-order valence-corrected chi connectivity index (χ1v) is 6.38. The highest BCUT2D eigenvalue weighted by atomic mass is 16.7. The van der Waals surface area contributed by atoms with Crippen LogP contribution in [0.25, 0.3) is 0 Å². The molecule has 0 aromatic heterocycles. The summed E-state index contributed by atoms with van der Waals surface area (Å²) in [6.07, 6.45) is 3.44. The van der Waals surface area contributed by atoms with Crippen LogP contribution in [0.4, 0.5) is 9.59 Å². The molecule has 0 unspecified atom stereocenters. The lowest BCUT2D eigenvalue weighted by molar-refractivity contribution is 0.0404. The third-order valence-electron chi connectivity index (χ3n) is 2.46. The second-order valence-corrected chi connectivity index (χ2v) is 4.02. The van der Waals surface area contributed by atoms with Crippen LogP contribution in [0.15, 0.2) is 0 Å². The molecule has 0 aromatic rings. The fraction of sp³-hybridized carbons (Fsp3) is 0.833. The van der Waals surface area contributed by atoms with Crippen molar-refractivity contribution in [2.24, 2.45) is 0 Å². The number of ether oxygens (including phenoxy) is 4. The number of hydrogen-bond acceptors (Lipinski definition) is 6. The Morgan fingerprint density at radius 3 is 1.11 bits per heavy atom. The van der Waals surface area contributed by atoms with Crippen molar-refractivity contribution in [1.29, 1.82) is 0 Å². The molecule has 0 amide bonds. The first-order chi connectivity index (χ1) is 8.79. The summed E-state index contributed by atoms with van der Waals surface area (Å²) in [4.78, 5) is 22.2. The first-order valence-electron chi connectivity index (χ1n) is 6.38. The van der Waals surface area contributed by atoms with Crippen LogP contribution in [0.2, 0.25) is 0 Å². The minimum atomic E-state index is -0.623. The van der Waals surface area contributed by atoms with Gasteiger partial charge in [-0.05, 0) is 38.5 Å². The lowest BCUT2D eigenvalue weighted by Crippen LogP contribution is -2.12. The molecule has 0 atom stereocenters. The number of hydrogen-bond donors (Lipinski definition) is 0. The molecule has 1 heterocycles. The smallest absolute Gasteiger partial charge is 0.434 e. The molecule has 1 aliphatic heterocycles. The maximum atomic E-state index is 11.1. The van der Waals surface area contributed by atoms with E-state index in [2.05, 4.69) is 0 Å². The summed E-state index contributed by atoms with van der Waals surface area (Å²) >= 11 is 0. The molecule has 0 aliphatic carbocycles.